The van der Waals surface area contributed by atoms with Crippen molar-refractivity contribution in [3.8, 4) is 0 Å². The molecule has 0 aliphatic carbocycles. The van der Waals surface area contributed by atoms with Gasteiger partial charge in [0.25, 0.3) is 5.91 Å². The number of rotatable bonds is 5. The molecular weight excluding hydrogens is 390 g/mol. The maximum atomic E-state index is 12.4. The van der Waals surface area contributed by atoms with Crippen LogP contribution in [0.4, 0.5) is 5.00 Å². The molecule has 2 heterocycles. The lowest BCUT2D eigenvalue weighted by molar-refractivity contribution is -0.380. The number of nitrogens with zero attached hydrogens (tertiary/aromatic N) is 3. The van der Waals surface area contributed by atoms with Crippen LogP contribution in [0.1, 0.15) is 20.0 Å². The molecule has 0 unspecified atom stereocenters. The molecular formula is C17H13N3O5S2. The number of allylic oxidation sites excluding steroid dienone is 1. The molecule has 0 aliphatic rings. The molecule has 0 spiro atoms. The number of hydrogen-bond acceptors (Lipinski definition) is 7. The van der Waals surface area contributed by atoms with Gasteiger partial charge in [-0.3, -0.25) is 14.9 Å². The molecule has 1 amide bonds. The Bertz CT molecular complexity index is 1140. The van der Waals surface area contributed by atoms with Gasteiger partial charge < -0.3 is 9.30 Å². The monoisotopic (exact) mass is 403 g/mol. The van der Waals surface area contributed by atoms with Crippen molar-refractivity contribution in [2.75, 3.05) is 7.11 Å². The van der Waals surface area contributed by atoms with Crippen LogP contribution < -0.4 is 4.80 Å². The van der Waals surface area contributed by atoms with E-state index in [4.69, 9.17) is 4.74 Å². The first-order chi connectivity index (χ1) is 12.9. The van der Waals surface area contributed by atoms with Gasteiger partial charge in [-0.05, 0) is 24.3 Å². The fourth-order valence-electron chi connectivity index (χ4n) is 2.39. The van der Waals surface area contributed by atoms with Crippen LogP contribution in [0, 0.1) is 10.1 Å². The number of ether oxygens (including phenoxy) is 1. The Labute approximate surface area is 160 Å². The van der Waals surface area contributed by atoms with Crippen molar-refractivity contribution in [2.24, 2.45) is 4.99 Å². The highest BCUT2D eigenvalue weighted by Crippen LogP contribution is 2.25. The number of thiophene rings is 1. The second-order valence-corrected chi connectivity index (χ2v) is 7.34. The van der Waals surface area contributed by atoms with Crippen LogP contribution in [0.3, 0.4) is 0 Å². The van der Waals surface area contributed by atoms with Crippen LogP contribution in [0.15, 0.2) is 48.0 Å². The first-order valence-corrected chi connectivity index (χ1v) is 9.23. The summed E-state index contributed by atoms with van der Waals surface area (Å²) < 4.78 is 7.26. The van der Waals surface area contributed by atoms with Gasteiger partial charge in [0.2, 0.25) is 0 Å². The molecule has 138 valence electrons. The standard InChI is InChI=1S/C17H13N3O5S2/c1-3-8-19-11-5-4-10(16(22)25-2)9-13(11)27-17(19)18-15(21)12-6-7-14(26-12)20(23)24/h3-7,9H,1,8H2,2H3. The molecule has 2 aromatic heterocycles. The zero-order valence-electron chi connectivity index (χ0n) is 14.1. The van der Waals surface area contributed by atoms with Crippen LogP contribution in [0.2, 0.25) is 0 Å². The molecule has 1 aromatic carbocycles. The van der Waals surface area contributed by atoms with Crippen LogP contribution >= 0.6 is 22.7 Å². The number of carbonyl (C=O) groups is 2. The van der Waals surface area contributed by atoms with E-state index in [1.165, 1.54) is 30.6 Å². The van der Waals surface area contributed by atoms with E-state index in [1.807, 2.05) is 0 Å². The number of carbonyl (C=O) groups excluding carboxylic acids is 2. The minimum Gasteiger partial charge on any atom is -0.465 e. The number of fused-ring (bicyclic) bond motifs is 1. The number of thiazole rings is 1. The normalized spacial score (nSPS) is 11.5. The predicted octanol–water partition coefficient (Wildman–Crippen LogP) is 3.39. The van der Waals surface area contributed by atoms with Crippen LogP contribution in [0.5, 0.6) is 0 Å². The molecule has 0 radical (unpaired) electrons. The maximum Gasteiger partial charge on any atom is 0.337 e. The van der Waals surface area contributed by atoms with Crippen molar-refractivity contribution < 1.29 is 19.2 Å². The zero-order valence-corrected chi connectivity index (χ0v) is 15.7. The topological polar surface area (TPSA) is 104 Å². The molecule has 8 nitrogen and oxygen atoms in total. The first-order valence-electron chi connectivity index (χ1n) is 7.60. The number of benzene rings is 1. The summed E-state index contributed by atoms with van der Waals surface area (Å²) in [4.78, 5) is 39.1. The highest BCUT2D eigenvalue weighted by Gasteiger charge is 2.16. The fraction of sp³-hybridized carbons (Fsp3) is 0.118. The molecule has 27 heavy (non-hydrogen) atoms. The lowest BCUT2D eigenvalue weighted by atomic mass is 10.2. The van der Waals surface area contributed by atoms with E-state index < -0.39 is 16.8 Å². The van der Waals surface area contributed by atoms with Crippen molar-refractivity contribution in [2.45, 2.75) is 6.54 Å². The van der Waals surface area contributed by atoms with Gasteiger partial charge in [-0.2, -0.15) is 4.99 Å². The zero-order chi connectivity index (χ0) is 19.6. The van der Waals surface area contributed by atoms with Gasteiger partial charge in [-0.1, -0.05) is 28.7 Å². The molecule has 0 bridgehead atoms. The lowest BCUT2D eigenvalue weighted by Crippen LogP contribution is -2.16. The van der Waals surface area contributed by atoms with E-state index in [-0.39, 0.29) is 9.88 Å². The summed E-state index contributed by atoms with van der Waals surface area (Å²) in [6.45, 7) is 4.12. The number of methoxy groups -OCH3 is 1. The molecule has 0 saturated heterocycles. The second-order valence-electron chi connectivity index (χ2n) is 5.27. The Morgan fingerprint density at radius 3 is 2.74 bits per heavy atom. The summed E-state index contributed by atoms with van der Waals surface area (Å²) in [6, 6.07) is 7.72. The van der Waals surface area contributed by atoms with Gasteiger partial charge in [0.15, 0.2) is 4.80 Å². The Balaban J connectivity index is 2.10. The molecule has 0 saturated carbocycles. The van der Waals surface area contributed by atoms with Gasteiger partial charge >= 0.3 is 11.0 Å². The fourth-order valence-corrected chi connectivity index (χ4v) is 4.17. The first kappa shape index (κ1) is 18.7. The number of aromatic nitrogens is 1. The summed E-state index contributed by atoms with van der Waals surface area (Å²) in [7, 11) is 1.30. The van der Waals surface area contributed by atoms with Gasteiger partial charge in [0, 0.05) is 12.6 Å². The maximum absolute atomic E-state index is 12.4. The second kappa shape index (κ2) is 7.64. The minimum absolute atomic E-state index is 0.119. The van der Waals surface area contributed by atoms with Gasteiger partial charge in [0.1, 0.15) is 4.88 Å². The third-order valence-electron chi connectivity index (χ3n) is 3.60. The predicted molar refractivity (Wildman–Crippen MR) is 102 cm³/mol. The molecule has 0 atom stereocenters. The van der Waals surface area contributed by atoms with E-state index >= 15 is 0 Å². The lowest BCUT2D eigenvalue weighted by Gasteiger charge is -2.02. The Morgan fingerprint density at radius 2 is 2.11 bits per heavy atom. The van der Waals surface area contributed by atoms with Crippen molar-refractivity contribution in [1.82, 2.24) is 4.57 Å². The van der Waals surface area contributed by atoms with Crippen molar-refractivity contribution in [3.05, 3.63) is 68.3 Å². The summed E-state index contributed by atoms with van der Waals surface area (Å²) >= 11 is 2.01. The molecule has 0 aliphatic heterocycles. The van der Waals surface area contributed by atoms with Crippen LogP contribution in [-0.2, 0) is 11.3 Å². The van der Waals surface area contributed by atoms with Crippen molar-refractivity contribution >= 4 is 49.8 Å². The van der Waals surface area contributed by atoms with E-state index in [2.05, 4.69) is 11.6 Å². The highest BCUT2D eigenvalue weighted by molar-refractivity contribution is 7.17. The number of esters is 1. The van der Waals surface area contributed by atoms with Gasteiger partial charge in [-0.15, -0.1) is 6.58 Å². The third-order valence-corrected chi connectivity index (χ3v) is 5.66. The Hall–Kier alpha value is -3.11. The van der Waals surface area contributed by atoms with Gasteiger partial charge in [-0.25, -0.2) is 4.79 Å². The molecule has 10 heteroatoms. The Morgan fingerprint density at radius 1 is 1.33 bits per heavy atom. The molecule has 0 N–H and O–H groups in total. The Kier molecular flexibility index (Phi) is 5.28. The largest absolute Gasteiger partial charge is 0.465 e. The summed E-state index contributed by atoms with van der Waals surface area (Å²) in [5.41, 5.74) is 1.18. The summed E-state index contributed by atoms with van der Waals surface area (Å²) in [5, 5.41) is 10.7. The van der Waals surface area contributed by atoms with E-state index in [0.717, 1.165) is 21.6 Å². The molecule has 0 fully saturated rings. The van der Waals surface area contributed by atoms with E-state index in [1.54, 1.807) is 28.8 Å². The quantitative estimate of drug-likeness (QED) is 0.281. The third kappa shape index (κ3) is 3.71. The van der Waals surface area contributed by atoms with Gasteiger partial charge in [0.05, 0.1) is 27.8 Å². The van der Waals surface area contributed by atoms with Crippen molar-refractivity contribution in [3.63, 3.8) is 0 Å². The summed E-state index contributed by atoms with van der Waals surface area (Å²) in [5.74, 6) is -1.02. The average Bonchev–Trinajstić information content (AvgIpc) is 3.27. The average molecular weight is 403 g/mol. The number of nitro groups is 1. The molecule has 3 rings (SSSR count). The number of amides is 1. The van der Waals surface area contributed by atoms with E-state index in [0.29, 0.717) is 16.9 Å². The highest BCUT2D eigenvalue weighted by atomic mass is 32.1. The smallest absolute Gasteiger partial charge is 0.337 e. The van der Waals surface area contributed by atoms with Crippen LogP contribution in [-0.4, -0.2) is 28.5 Å². The van der Waals surface area contributed by atoms with E-state index in [9.17, 15) is 19.7 Å². The molecule has 3 aromatic rings. The van der Waals surface area contributed by atoms with Crippen molar-refractivity contribution in [1.29, 1.82) is 0 Å². The SMILES string of the molecule is C=CCn1c(=NC(=O)c2ccc([N+](=O)[O-])s2)sc2cc(C(=O)OC)ccc21. The number of hydrogen-bond donors (Lipinski definition) is 0. The summed E-state index contributed by atoms with van der Waals surface area (Å²) in [6.07, 6.45) is 1.67. The van der Waals surface area contributed by atoms with Crippen LogP contribution in [0.25, 0.3) is 10.2 Å². The minimum atomic E-state index is -0.564.